The van der Waals surface area contributed by atoms with Crippen LogP contribution in [-0.4, -0.2) is 17.1 Å². The smallest absolute Gasteiger partial charge is 0.338 e. The number of halogens is 2. The predicted molar refractivity (Wildman–Crippen MR) is 162 cm³/mol. The Morgan fingerprint density at radius 2 is 1.76 bits per heavy atom. The zero-order valence-corrected chi connectivity index (χ0v) is 24.0. The molecule has 204 valence electrons. The van der Waals surface area contributed by atoms with Gasteiger partial charge in [0, 0.05) is 22.2 Å². The number of benzene rings is 3. The summed E-state index contributed by atoms with van der Waals surface area (Å²) in [5.41, 5.74) is 2.70. The van der Waals surface area contributed by atoms with Crippen LogP contribution in [0.15, 0.2) is 111 Å². The molecule has 0 amide bonds. The second-order valence-corrected chi connectivity index (χ2v) is 11.0. The number of thiazole rings is 1. The third-order valence-electron chi connectivity index (χ3n) is 6.59. The zero-order chi connectivity index (χ0) is 28.5. The standard InChI is InChI=1S/C32H22Cl2N2O4S/c1-2-39-31(38)27-28(19-9-5-3-6-10-19)35-32-36(29(27)20-11-7-4-8-12-20)30(37)26(41-32)18-22-14-16-25(40-22)23-15-13-21(33)17-24(23)34/h3-18,29H,2H2,1H3/b26-18-/t29-/m0/s1. The summed E-state index contributed by atoms with van der Waals surface area (Å²) < 4.78 is 13.5. The van der Waals surface area contributed by atoms with Crippen molar-refractivity contribution in [3.63, 3.8) is 0 Å². The van der Waals surface area contributed by atoms with E-state index in [0.29, 0.717) is 47.7 Å². The van der Waals surface area contributed by atoms with Gasteiger partial charge >= 0.3 is 5.97 Å². The predicted octanol–water partition coefficient (Wildman–Crippen LogP) is 6.50. The first-order valence-electron chi connectivity index (χ1n) is 12.8. The maximum atomic E-state index is 14.0. The van der Waals surface area contributed by atoms with E-state index in [1.165, 1.54) is 11.3 Å². The number of carbonyl (C=O) groups is 1. The lowest BCUT2D eigenvalue weighted by molar-refractivity contribution is -0.138. The number of furan rings is 1. The summed E-state index contributed by atoms with van der Waals surface area (Å²) in [7, 11) is 0. The van der Waals surface area contributed by atoms with Crippen molar-refractivity contribution in [1.29, 1.82) is 0 Å². The topological polar surface area (TPSA) is 73.8 Å². The lowest BCUT2D eigenvalue weighted by atomic mass is 9.93. The number of fused-ring (bicyclic) bond motifs is 1. The molecule has 6 rings (SSSR count). The molecule has 1 atom stereocenters. The number of carbonyl (C=O) groups excluding carboxylic acids is 1. The quantitative estimate of drug-likeness (QED) is 0.208. The van der Waals surface area contributed by atoms with Gasteiger partial charge in [0.25, 0.3) is 5.56 Å². The summed E-state index contributed by atoms with van der Waals surface area (Å²) in [6, 6.07) is 26.9. The van der Waals surface area contributed by atoms with Crippen molar-refractivity contribution in [3.05, 3.63) is 143 Å². The van der Waals surface area contributed by atoms with Crippen LogP contribution >= 0.6 is 34.5 Å². The summed E-state index contributed by atoms with van der Waals surface area (Å²) in [6.45, 7) is 1.94. The van der Waals surface area contributed by atoms with Crippen LogP contribution in [0.3, 0.4) is 0 Å². The van der Waals surface area contributed by atoms with Crippen molar-refractivity contribution in [2.75, 3.05) is 6.61 Å². The van der Waals surface area contributed by atoms with E-state index in [0.717, 1.165) is 11.1 Å². The first kappa shape index (κ1) is 27.0. The SMILES string of the molecule is CCOC(=O)C1=C(c2ccccc2)N=c2s/c(=C\c3ccc(-c4ccc(Cl)cc4Cl)o3)c(=O)n2[C@H]1c1ccccc1. The molecule has 0 N–H and O–H groups in total. The Labute approximate surface area is 249 Å². The van der Waals surface area contributed by atoms with E-state index in [1.54, 1.807) is 47.9 Å². The van der Waals surface area contributed by atoms with E-state index < -0.39 is 12.0 Å². The lowest BCUT2D eigenvalue weighted by Crippen LogP contribution is -2.39. The third kappa shape index (κ3) is 5.20. The molecule has 3 aromatic carbocycles. The van der Waals surface area contributed by atoms with E-state index in [4.69, 9.17) is 37.3 Å². The summed E-state index contributed by atoms with van der Waals surface area (Å²) in [5, 5.41) is 0.984. The Balaban J connectivity index is 1.55. The second-order valence-electron chi connectivity index (χ2n) is 9.17. The molecule has 1 aliphatic heterocycles. The summed E-state index contributed by atoms with van der Waals surface area (Å²) >= 11 is 13.6. The number of hydrogen-bond donors (Lipinski definition) is 0. The van der Waals surface area contributed by atoms with Crippen molar-refractivity contribution >= 4 is 52.3 Å². The number of rotatable bonds is 6. The van der Waals surface area contributed by atoms with Crippen LogP contribution in [0.4, 0.5) is 0 Å². The van der Waals surface area contributed by atoms with Crippen LogP contribution in [0.1, 0.15) is 29.9 Å². The highest BCUT2D eigenvalue weighted by atomic mass is 35.5. The molecule has 1 aliphatic rings. The monoisotopic (exact) mass is 600 g/mol. The van der Waals surface area contributed by atoms with Gasteiger partial charge in [0.15, 0.2) is 4.80 Å². The number of ether oxygens (including phenoxy) is 1. The van der Waals surface area contributed by atoms with Crippen molar-refractivity contribution in [3.8, 4) is 11.3 Å². The fourth-order valence-electron chi connectivity index (χ4n) is 4.78. The van der Waals surface area contributed by atoms with Crippen LogP contribution in [-0.2, 0) is 9.53 Å². The Morgan fingerprint density at radius 1 is 1.02 bits per heavy atom. The molecular formula is C32H22Cl2N2O4S. The van der Waals surface area contributed by atoms with Gasteiger partial charge in [0.2, 0.25) is 0 Å². The molecule has 0 bridgehead atoms. The molecule has 0 fully saturated rings. The molecule has 0 radical (unpaired) electrons. The summed E-state index contributed by atoms with van der Waals surface area (Å²) in [6.07, 6.45) is 1.68. The van der Waals surface area contributed by atoms with Crippen LogP contribution in [0.2, 0.25) is 10.0 Å². The molecule has 2 aromatic heterocycles. The average Bonchev–Trinajstić information content (AvgIpc) is 3.57. The van der Waals surface area contributed by atoms with Gasteiger partial charge in [-0.05, 0) is 42.8 Å². The van der Waals surface area contributed by atoms with E-state index >= 15 is 0 Å². The molecule has 0 spiro atoms. The Morgan fingerprint density at radius 3 is 2.46 bits per heavy atom. The van der Waals surface area contributed by atoms with Crippen molar-refractivity contribution in [2.45, 2.75) is 13.0 Å². The van der Waals surface area contributed by atoms with Gasteiger partial charge in [0.05, 0.1) is 33.5 Å². The first-order chi connectivity index (χ1) is 19.9. The third-order valence-corrected chi connectivity index (χ3v) is 8.12. The molecule has 41 heavy (non-hydrogen) atoms. The Kier molecular flexibility index (Phi) is 7.49. The highest BCUT2D eigenvalue weighted by Crippen LogP contribution is 2.35. The molecule has 0 saturated carbocycles. The summed E-state index contributed by atoms with van der Waals surface area (Å²) in [4.78, 5) is 32.8. The molecule has 3 heterocycles. The molecule has 0 saturated heterocycles. The second kappa shape index (κ2) is 11.4. The molecular weight excluding hydrogens is 579 g/mol. The molecule has 6 nitrogen and oxygen atoms in total. The number of nitrogens with zero attached hydrogens (tertiary/aromatic N) is 2. The largest absolute Gasteiger partial charge is 0.463 e. The van der Waals surface area contributed by atoms with E-state index in [2.05, 4.69) is 0 Å². The number of hydrogen-bond acceptors (Lipinski definition) is 6. The minimum absolute atomic E-state index is 0.189. The summed E-state index contributed by atoms with van der Waals surface area (Å²) in [5.74, 6) is 0.498. The van der Waals surface area contributed by atoms with Gasteiger partial charge in [0.1, 0.15) is 11.5 Å². The minimum atomic E-state index is -0.733. The number of esters is 1. The number of aromatic nitrogens is 1. The van der Waals surface area contributed by atoms with Gasteiger partial charge in [-0.3, -0.25) is 9.36 Å². The Hall–Kier alpha value is -4.17. The molecule has 5 aromatic rings. The van der Waals surface area contributed by atoms with Crippen LogP contribution < -0.4 is 14.9 Å². The Bertz CT molecular complexity index is 1980. The molecule has 9 heteroatoms. The van der Waals surface area contributed by atoms with Crippen LogP contribution in [0, 0.1) is 0 Å². The fraction of sp³-hybridized carbons (Fsp3) is 0.0938. The van der Waals surface area contributed by atoms with Crippen molar-refractivity contribution < 1.29 is 13.9 Å². The van der Waals surface area contributed by atoms with Crippen molar-refractivity contribution in [2.24, 2.45) is 4.99 Å². The van der Waals surface area contributed by atoms with Crippen molar-refractivity contribution in [1.82, 2.24) is 4.57 Å². The first-order valence-corrected chi connectivity index (χ1v) is 14.4. The maximum Gasteiger partial charge on any atom is 0.338 e. The van der Waals surface area contributed by atoms with Gasteiger partial charge < -0.3 is 9.15 Å². The normalized spacial score (nSPS) is 15.0. The van der Waals surface area contributed by atoms with E-state index in [-0.39, 0.29) is 12.2 Å². The van der Waals surface area contributed by atoms with E-state index in [1.807, 2.05) is 60.7 Å². The van der Waals surface area contributed by atoms with Gasteiger partial charge in [-0.2, -0.15) is 0 Å². The molecule has 0 aliphatic carbocycles. The minimum Gasteiger partial charge on any atom is -0.463 e. The van der Waals surface area contributed by atoms with Crippen LogP contribution in [0.25, 0.3) is 23.1 Å². The zero-order valence-electron chi connectivity index (χ0n) is 21.7. The molecule has 0 unspecified atom stereocenters. The highest BCUT2D eigenvalue weighted by molar-refractivity contribution is 7.07. The highest BCUT2D eigenvalue weighted by Gasteiger charge is 2.35. The average molecular weight is 602 g/mol. The van der Waals surface area contributed by atoms with Gasteiger partial charge in [-0.25, -0.2) is 9.79 Å². The van der Waals surface area contributed by atoms with Crippen LogP contribution in [0.5, 0.6) is 0 Å². The fourth-order valence-corrected chi connectivity index (χ4v) is 6.27. The lowest BCUT2D eigenvalue weighted by Gasteiger charge is -2.25. The van der Waals surface area contributed by atoms with Gasteiger partial charge in [-0.15, -0.1) is 0 Å². The van der Waals surface area contributed by atoms with Gasteiger partial charge in [-0.1, -0.05) is 95.2 Å². The van der Waals surface area contributed by atoms with E-state index in [9.17, 15) is 9.59 Å². The maximum absolute atomic E-state index is 14.0.